The van der Waals surface area contributed by atoms with Gasteiger partial charge in [-0.3, -0.25) is 4.98 Å². The number of aromatic nitrogens is 1. The minimum atomic E-state index is 0.0245. The molecule has 0 saturated carbocycles. The lowest BCUT2D eigenvalue weighted by molar-refractivity contribution is 0.201. The second-order valence-electron chi connectivity index (χ2n) is 4.22. The zero-order valence-corrected chi connectivity index (χ0v) is 10.9. The summed E-state index contributed by atoms with van der Waals surface area (Å²) in [5, 5.41) is 12.1. The van der Waals surface area contributed by atoms with E-state index in [1.165, 1.54) is 0 Å². The van der Waals surface area contributed by atoms with Crippen LogP contribution in [0.25, 0.3) is 0 Å². The number of benzene rings is 1. The molecule has 4 heteroatoms. The van der Waals surface area contributed by atoms with Gasteiger partial charge in [-0.1, -0.05) is 6.07 Å². The number of anilines is 1. The van der Waals surface area contributed by atoms with Crippen LogP contribution in [0, 0.1) is 0 Å². The fraction of sp³-hybridized carbons (Fsp3) is 0.267. The van der Waals surface area contributed by atoms with E-state index in [4.69, 9.17) is 9.84 Å². The quantitative estimate of drug-likeness (QED) is 0.836. The molecule has 1 unspecified atom stereocenters. The first-order valence-corrected chi connectivity index (χ1v) is 6.31. The van der Waals surface area contributed by atoms with E-state index in [1.54, 1.807) is 6.20 Å². The highest BCUT2D eigenvalue weighted by molar-refractivity contribution is 5.47. The molecule has 1 aromatic carbocycles. The van der Waals surface area contributed by atoms with Crippen LogP contribution >= 0.6 is 0 Å². The van der Waals surface area contributed by atoms with Crippen molar-refractivity contribution >= 4 is 5.69 Å². The van der Waals surface area contributed by atoms with Gasteiger partial charge in [0, 0.05) is 11.9 Å². The fourth-order valence-corrected chi connectivity index (χ4v) is 1.77. The number of nitrogens with one attached hydrogen (secondary N) is 1. The standard InChI is InChI=1S/C15H18N2O2/c1-12(15-4-2-3-9-16-15)17-13-5-7-14(8-6-13)19-11-10-18/h2-9,12,17-18H,10-11H2,1H3. The monoisotopic (exact) mass is 258 g/mol. The van der Waals surface area contributed by atoms with Crippen molar-refractivity contribution in [2.24, 2.45) is 0 Å². The fourth-order valence-electron chi connectivity index (χ4n) is 1.77. The third kappa shape index (κ3) is 3.96. The molecule has 0 radical (unpaired) electrons. The minimum absolute atomic E-state index is 0.0245. The van der Waals surface area contributed by atoms with Gasteiger partial charge >= 0.3 is 0 Å². The summed E-state index contributed by atoms with van der Waals surface area (Å²) in [5.41, 5.74) is 2.01. The second-order valence-corrected chi connectivity index (χ2v) is 4.22. The van der Waals surface area contributed by atoms with E-state index in [0.29, 0.717) is 6.61 Å². The largest absolute Gasteiger partial charge is 0.491 e. The first kappa shape index (κ1) is 13.4. The Morgan fingerprint density at radius 1 is 1.21 bits per heavy atom. The van der Waals surface area contributed by atoms with Gasteiger partial charge < -0.3 is 15.2 Å². The van der Waals surface area contributed by atoms with E-state index < -0.39 is 0 Å². The van der Waals surface area contributed by atoms with Crippen molar-refractivity contribution in [2.75, 3.05) is 18.5 Å². The first-order chi connectivity index (χ1) is 9.29. The van der Waals surface area contributed by atoms with Gasteiger partial charge in [0.2, 0.25) is 0 Å². The summed E-state index contributed by atoms with van der Waals surface area (Å²) in [6, 6.07) is 13.7. The van der Waals surface area contributed by atoms with E-state index in [9.17, 15) is 0 Å². The summed E-state index contributed by atoms with van der Waals surface area (Å²) in [6.07, 6.45) is 1.79. The molecule has 2 N–H and O–H groups in total. The van der Waals surface area contributed by atoms with Crippen molar-refractivity contribution in [1.82, 2.24) is 4.98 Å². The van der Waals surface area contributed by atoms with Crippen molar-refractivity contribution in [1.29, 1.82) is 0 Å². The van der Waals surface area contributed by atoms with Crippen LogP contribution in [0.5, 0.6) is 5.75 Å². The second kappa shape index (κ2) is 6.75. The van der Waals surface area contributed by atoms with Crippen molar-refractivity contribution in [3.05, 3.63) is 54.4 Å². The molecular weight excluding hydrogens is 240 g/mol. The number of hydrogen-bond donors (Lipinski definition) is 2. The van der Waals surface area contributed by atoms with Gasteiger partial charge in [0.15, 0.2) is 0 Å². The number of aliphatic hydroxyl groups is 1. The Hall–Kier alpha value is -2.07. The lowest BCUT2D eigenvalue weighted by Crippen LogP contribution is -2.08. The Balaban J connectivity index is 1.96. The van der Waals surface area contributed by atoms with Crippen molar-refractivity contribution in [3.63, 3.8) is 0 Å². The van der Waals surface area contributed by atoms with Gasteiger partial charge in [-0.15, -0.1) is 0 Å². The molecular formula is C15H18N2O2. The Morgan fingerprint density at radius 3 is 2.63 bits per heavy atom. The van der Waals surface area contributed by atoms with Gasteiger partial charge in [-0.2, -0.15) is 0 Å². The van der Waals surface area contributed by atoms with E-state index in [-0.39, 0.29) is 12.6 Å². The molecule has 19 heavy (non-hydrogen) atoms. The number of nitrogens with zero attached hydrogens (tertiary/aromatic N) is 1. The Bertz CT molecular complexity index is 485. The molecule has 0 bridgehead atoms. The predicted octanol–water partition coefficient (Wildman–Crippen LogP) is 2.63. The van der Waals surface area contributed by atoms with Crippen LogP contribution in [-0.4, -0.2) is 23.3 Å². The van der Waals surface area contributed by atoms with Crippen LogP contribution < -0.4 is 10.1 Å². The highest BCUT2D eigenvalue weighted by Crippen LogP contribution is 2.20. The van der Waals surface area contributed by atoms with Gasteiger partial charge in [0.25, 0.3) is 0 Å². The number of ether oxygens (including phenoxy) is 1. The van der Waals surface area contributed by atoms with Crippen LogP contribution in [0.1, 0.15) is 18.7 Å². The Morgan fingerprint density at radius 2 is 2.00 bits per heavy atom. The summed E-state index contributed by atoms with van der Waals surface area (Å²) in [4.78, 5) is 4.32. The SMILES string of the molecule is CC(Nc1ccc(OCCO)cc1)c1ccccn1. The lowest BCUT2D eigenvalue weighted by Gasteiger charge is -2.15. The highest BCUT2D eigenvalue weighted by Gasteiger charge is 2.05. The van der Waals surface area contributed by atoms with Crippen LogP contribution in [0.15, 0.2) is 48.7 Å². The minimum Gasteiger partial charge on any atom is -0.491 e. The van der Waals surface area contributed by atoms with Gasteiger partial charge in [0.1, 0.15) is 12.4 Å². The summed E-state index contributed by atoms with van der Waals surface area (Å²) in [7, 11) is 0. The van der Waals surface area contributed by atoms with Gasteiger partial charge in [-0.25, -0.2) is 0 Å². The zero-order valence-electron chi connectivity index (χ0n) is 10.9. The summed E-state index contributed by atoms with van der Waals surface area (Å²) in [5.74, 6) is 0.755. The maximum Gasteiger partial charge on any atom is 0.119 e. The summed E-state index contributed by atoms with van der Waals surface area (Å²) >= 11 is 0. The smallest absolute Gasteiger partial charge is 0.119 e. The molecule has 0 spiro atoms. The van der Waals surface area contributed by atoms with Gasteiger partial charge in [0.05, 0.1) is 18.3 Å². The predicted molar refractivity (Wildman–Crippen MR) is 75.3 cm³/mol. The van der Waals surface area contributed by atoms with E-state index in [1.807, 2.05) is 42.5 Å². The molecule has 1 atom stereocenters. The van der Waals surface area contributed by atoms with Crippen LogP contribution in [-0.2, 0) is 0 Å². The molecule has 2 aromatic rings. The molecule has 0 aliphatic rings. The van der Waals surface area contributed by atoms with Crippen LogP contribution in [0.3, 0.4) is 0 Å². The third-order valence-corrected chi connectivity index (χ3v) is 2.73. The number of rotatable bonds is 6. The van der Waals surface area contributed by atoms with Crippen LogP contribution in [0.2, 0.25) is 0 Å². The molecule has 100 valence electrons. The molecule has 0 fully saturated rings. The Labute approximate surface area is 113 Å². The van der Waals surface area contributed by atoms with E-state index in [0.717, 1.165) is 17.1 Å². The molecule has 2 rings (SSSR count). The van der Waals surface area contributed by atoms with Crippen molar-refractivity contribution < 1.29 is 9.84 Å². The summed E-state index contributed by atoms with van der Waals surface area (Å²) in [6.45, 7) is 2.41. The maximum absolute atomic E-state index is 8.68. The Kier molecular flexibility index (Phi) is 4.75. The average molecular weight is 258 g/mol. The van der Waals surface area contributed by atoms with E-state index in [2.05, 4.69) is 17.2 Å². The number of aliphatic hydroxyl groups excluding tert-OH is 1. The molecule has 0 aliphatic heterocycles. The number of pyridine rings is 1. The zero-order chi connectivity index (χ0) is 13.5. The number of hydrogen-bond acceptors (Lipinski definition) is 4. The molecule has 0 aliphatic carbocycles. The first-order valence-electron chi connectivity index (χ1n) is 6.31. The average Bonchev–Trinajstić information content (AvgIpc) is 2.47. The van der Waals surface area contributed by atoms with Crippen molar-refractivity contribution in [2.45, 2.75) is 13.0 Å². The normalized spacial score (nSPS) is 11.9. The topological polar surface area (TPSA) is 54.4 Å². The molecule has 0 saturated heterocycles. The van der Waals surface area contributed by atoms with Gasteiger partial charge in [-0.05, 0) is 43.3 Å². The lowest BCUT2D eigenvalue weighted by atomic mass is 10.2. The van der Waals surface area contributed by atoms with Crippen LogP contribution in [0.4, 0.5) is 5.69 Å². The van der Waals surface area contributed by atoms with Crippen molar-refractivity contribution in [3.8, 4) is 5.75 Å². The molecule has 4 nitrogen and oxygen atoms in total. The van der Waals surface area contributed by atoms with E-state index >= 15 is 0 Å². The molecule has 1 heterocycles. The maximum atomic E-state index is 8.68. The molecule has 0 amide bonds. The third-order valence-electron chi connectivity index (χ3n) is 2.73. The highest BCUT2D eigenvalue weighted by atomic mass is 16.5. The summed E-state index contributed by atoms with van der Waals surface area (Å²) < 4.78 is 5.31. The molecule has 1 aromatic heterocycles.